The summed E-state index contributed by atoms with van der Waals surface area (Å²) in [5.74, 6) is 1.46. The molecule has 0 radical (unpaired) electrons. The maximum Gasteiger partial charge on any atom is 0.221 e. The first-order valence-corrected chi connectivity index (χ1v) is 7.69. The van der Waals surface area contributed by atoms with Gasteiger partial charge in [-0.2, -0.15) is 0 Å². The van der Waals surface area contributed by atoms with Crippen LogP contribution in [0.1, 0.15) is 15.4 Å². The summed E-state index contributed by atoms with van der Waals surface area (Å²) in [4.78, 5) is 13.2. The van der Waals surface area contributed by atoms with Gasteiger partial charge in [0.1, 0.15) is 4.88 Å². The maximum absolute atomic E-state index is 12.4. The molecule has 1 aromatic carbocycles. The predicted molar refractivity (Wildman–Crippen MR) is 85.6 cm³/mol. The molecule has 4 rings (SSSR count). The summed E-state index contributed by atoms with van der Waals surface area (Å²) in [6.07, 6.45) is 1.93. The van der Waals surface area contributed by atoms with Crippen molar-refractivity contribution in [3.05, 3.63) is 52.5 Å². The number of nitrogens with zero attached hydrogens (tertiary/aromatic N) is 1. The lowest BCUT2D eigenvalue weighted by molar-refractivity contribution is 0.104. The number of aromatic nitrogens is 1. The number of thiophene rings is 1. The molecule has 2 aromatic heterocycles. The lowest BCUT2D eigenvalue weighted by atomic mass is 10.1. The largest absolute Gasteiger partial charge is 0.493 e. The summed E-state index contributed by atoms with van der Waals surface area (Å²) in [5.41, 5.74) is 3.72. The first kappa shape index (κ1) is 13.2. The SMILES string of the molecule is COc1ccc(-c2csc3c2-n2cccc2C3=O)cc1OC. The molecule has 0 saturated heterocycles. The van der Waals surface area contributed by atoms with Crippen molar-refractivity contribution in [2.45, 2.75) is 0 Å². The van der Waals surface area contributed by atoms with Crippen LogP contribution < -0.4 is 9.47 Å². The van der Waals surface area contributed by atoms with Gasteiger partial charge in [-0.05, 0) is 29.8 Å². The van der Waals surface area contributed by atoms with E-state index in [0.717, 1.165) is 27.4 Å². The van der Waals surface area contributed by atoms with Crippen LogP contribution in [0.4, 0.5) is 0 Å². The van der Waals surface area contributed by atoms with Crippen LogP contribution in [0.15, 0.2) is 41.9 Å². The summed E-state index contributed by atoms with van der Waals surface area (Å²) >= 11 is 1.48. The topological polar surface area (TPSA) is 40.5 Å². The van der Waals surface area contributed by atoms with Crippen molar-refractivity contribution in [1.29, 1.82) is 0 Å². The van der Waals surface area contributed by atoms with E-state index in [0.29, 0.717) is 11.5 Å². The van der Waals surface area contributed by atoms with Crippen molar-refractivity contribution in [2.24, 2.45) is 0 Å². The second-order valence-electron chi connectivity index (χ2n) is 4.99. The molecule has 1 aliphatic rings. The summed E-state index contributed by atoms with van der Waals surface area (Å²) in [6, 6.07) is 9.55. The van der Waals surface area contributed by atoms with E-state index in [-0.39, 0.29) is 5.78 Å². The first-order chi connectivity index (χ1) is 10.7. The van der Waals surface area contributed by atoms with Gasteiger partial charge in [0.25, 0.3) is 0 Å². The first-order valence-electron chi connectivity index (χ1n) is 6.81. The Morgan fingerprint density at radius 1 is 1.09 bits per heavy atom. The predicted octanol–water partition coefficient (Wildman–Crippen LogP) is 3.77. The van der Waals surface area contributed by atoms with E-state index >= 15 is 0 Å². The van der Waals surface area contributed by atoms with Crippen LogP contribution in [0.3, 0.4) is 0 Å². The molecule has 0 unspecified atom stereocenters. The zero-order chi connectivity index (χ0) is 15.3. The summed E-state index contributed by atoms with van der Waals surface area (Å²) < 4.78 is 12.6. The van der Waals surface area contributed by atoms with Crippen LogP contribution in [-0.2, 0) is 0 Å². The Kier molecular flexibility index (Phi) is 2.84. The van der Waals surface area contributed by atoms with E-state index < -0.39 is 0 Å². The van der Waals surface area contributed by atoms with Gasteiger partial charge >= 0.3 is 0 Å². The van der Waals surface area contributed by atoms with E-state index in [1.54, 1.807) is 14.2 Å². The Morgan fingerprint density at radius 3 is 2.68 bits per heavy atom. The molecule has 3 aromatic rings. The zero-order valence-electron chi connectivity index (χ0n) is 12.1. The number of carbonyl (C=O) groups is 1. The third-order valence-corrected chi connectivity index (χ3v) is 4.86. The minimum atomic E-state index is 0.0942. The van der Waals surface area contributed by atoms with Crippen LogP contribution >= 0.6 is 11.3 Å². The molecule has 0 saturated carbocycles. The van der Waals surface area contributed by atoms with Gasteiger partial charge in [0.05, 0.1) is 25.6 Å². The maximum atomic E-state index is 12.4. The Labute approximate surface area is 131 Å². The molecule has 0 fully saturated rings. The lowest BCUT2D eigenvalue weighted by Crippen LogP contribution is -1.94. The second kappa shape index (κ2) is 4.74. The zero-order valence-corrected chi connectivity index (χ0v) is 12.9. The molecule has 4 nitrogen and oxygen atoms in total. The lowest BCUT2D eigenvalue weighted by Gasteiger charge is -2.10. The van der Waals surface area contributed by atoms with E-state index in [4.69, 9.17) is 9.47 Å². The van der Waals surface area contributed by atoms with Crippen LogP contribution in [0, 0.1) is 0 Å². The molecule has 0 N–H and O–H groups in total. The summed E-state index contributed by atoms with van der Waals surface area (Å²) in [7, 11) is 3.23. The van der Waals surface area contributed by atoms with Gasteiger partial charge in [-0.1, -0.05) is 6.07 Å². The number of rotatable bonds is 3. The number of ketones is 1. The third kappa shape index (κ3) is 1.66. The van der Waals surface area contributed by atoms with Crippen molar-refractivity contribution in [1.82, 2.24) is 4.57 Å². The van der Waals surface area contributed by atoms with Crippen molar-refractivity contribution in [2.75, 3.05) is 14.2 Å². The molecular formula is C17H13NO3S. The molecule has 3 heterocycles. The highest BCUT2D eigenvalue weighted by atomic mass is 32.1. The number of carbonyl (C=O) groups excluding carboxylic acids is 1. The Morgan fingerprint density at radius 2 is 1.91 bits per heavy atom. The number of fused-ring (bicyclic) bond motifs is 3. The fourth-order valence-electron chi connectivity index (χ4n) is 2.84. The number of methoxy groups -OCH3 is 2. The van der Waals surface area contributed by atoms with Gasteiger partial charge in [0.15, 0.2) is 11.5 Å². The summed E-state index contributed by atoms with van der Waals surface area (Å²) in [6.45, 7) is 0. The smallest absolute Gasteiger partial charge is 0.221 e. The molecule has 0 aliphatic carbocycles. The Bertz CT molecular complexity index is 891. The molecule has 1 aliphatic heterocycles. The molecule has 110 valence electrons. The fourth-order valence-corrected chi connectivity index (χ4v) is 3.85. The quantitative estimate of drug-likeness (QED) is 0.578. The molecule has 0 amide bonds. The highest BCUT2D eigenvalue weighted by molar-refractivity contribution is 7.13. The van der Waals surface area contributed by atoms with E-state index in [1.807, 2.05) is 46.5 Å². The van der Waals surface area contributed by atoms with E-state index in [9.17, 15) is 4.79 Å². The minimum absolute atomic E-state index is 0.0942. The molecule has 0 spiro atoms. The molecule has 22 heavy (non-hydrogen) atoms. The summed E-state index contributed by atoms with van der Waals surface area (Å²) in [5, 5.41) is 2.02. The monoisotopic (exact) mass is 311 g/mol. The average Bonchev–Trinajstić information content (AvgIpc) is 3.23. The Balaban J connectivity index is 1.91. The highest BCUT2D eigenvalue weighted by Crippen LogP contribution is 2.42. The van der Waals surface area contributed by atoms with Gasteiger partial charge in [-0.3, -0.25) is 4.79 Å². The van der Waals surface area contributed by atoms with Crippen LogP contribution in [0.25, 0.3) is 16.8 Å². The number of benzene rings is 1. The van der Waals surface area contributed by atoms with Crippen LogP contribution in [-0.4, -0.2) is 24.6 Å². The fraction of sp³-hybridized carbons (Fsp3) is 0.118. The number of ether oxygens (including phenoxy) is 2. The molecule has 0 atom stereocenters. The number of hydrogen-bond acceptors (Lipinski definition) is 4. The molecule has 5 heteroatoms. The molecule has 0 bridgehead atoms. The third-order valence-electron chi connectivity index (χ3n) is 3.89. The number of hydrogen-bond donors (Lipinski definition) is 0. The van der Waals surface area contributed by atoms with E-state index in [2.05, 4.69) is 0 Å². The van der Waals surface area contributed by atoms with E-state index in [1.165, 1.54) is 11.3 Å². The van der Waals surface area contributed by atoms with Crippen LogP contribution in [0.2, 0.25) is 0 Å². The minimum Gasteiger partial charge on any atom is -0.493 e. The van der Waals surface area contributed by atoms with Crippen LogP contribution in [0.5, 0.6) is 11.5 Å². The van der Waals surface area contributed by atoms with Crippen molar-refractivity contribution in [3.8, 4) is 28.3 Å². The van der Waals surface area contributed by atoms with Crippen molar-refractivity contribution < 1.29 is 14.3 Å². The highest BCUT2D eigenvalue weighted by Gasteiger charge is 2.30. The normalized spacial score (nSPS) is 12.2. The average molecular weight is 311 g/mol. The van der Waals surface area contributed by atoms with Crippen molar-refractivity contribution in [3.63, 3.8) is 0 Å². The van der Waals surface area contributed by atoms with Gasteiger partial charge in [-0.25, -0.2) is 0 Å². The standard InChI is InChI=1S/C17H13NO3S/c1-20-13-6-5-10(8-14(13)21-2)11-9-22-17-15(11)18-7-3-4-12(18)16(17)19/h3-9H,1-2H3. The van der Waals surface area contributed by atoms with Gasteiger partial charge in [0.2, 0.25) is 5.78 Å². The van der Waals surface area contributed by atoms with Gasteiger partial charge < -0.3 is 14.0 Å². The Hall–Kier alpha value is -2.53. The van der Waals surface area contributed by atoms with Crippen molar-refractivity contribution >= 4 is 17.1 Å². The van der Waals surface area contributed by atoms with Gasteiger partial charge in [-0.15, -0.1) is 11.3 Å². The molecular weight excluding hydrogens is 298 g/mol. The van der Waals surface area contributed by atoms with Gasteiger partial charge in [0, 0.05) is 17.1 Å². The second-order valence-corrected chi connectivity index (χ2v) is 5.87.